The Morgan fingerprint density at radius 3 is 2.57 bits per heavy atom. The summed E-state index contributed by atoms with van der Waals surface area (Å²) >= 11 is 0. The summed E-state index contributed by atoms with van der Waals surface area (Å²) in [6.07, 6.45) is 0. The molecule has 110 valence electrons. The number of likely N-dealkylation sites (N-methyl/N-ethyl adjacent to an activating group) is 1. The fraction of sp³-hybridized carbons (Fsp3) is 0.235. The Hall–Kier alpha value is -2.20. The van der Waals surface area contributed by atoms with E-state index in [0.29, 0.717) is 6.54 Å². The van der Waals surface area contributed by atoms with Crippen LogP contribution in [0.4, 0.5) is 10.1 Å². The van der Waals surface area contributed by atoms with Gasteiger partial charge in [-0.25, -0.2) is 4.39 Å². The van der Waals surface area contributed by atoms with Crippen LogP contribution in [0, 0.1) is 5.82 Å². The zero-order valence-electron chi connectivity index (χ0n) is 12.3. The molecule has 0 fully saturated rings. The quantitative estimate of drug-likeness (QED) is 0.865. The maximum atomic E-state index is 13.2. The average Bonchev–Trinajstić information content (AvgIpc) is 2.47. The molecular formula is C17H20FN2O+. The first-order chi connectivity index (χ1) is 10.1. The normalized spacial score (nSPS) is 13.5. The van der Waals surface area contributed by atoms with Gasteiger partial charge in [-0.05, 0) is 31.2 Å². The number of hydrogen-bond donors (Lipinski definition) is 2. The second-order valence-electron chi connectivity index (χ2n) is 5.23. The second kappa shape index (κ2) is 6.99. The highest BCUT2D eigenvalue weighted by Crippen LogP contribution is 2.05. The van der Waals surface area contributed by atoms with Crippen molar-refractivity contribution in [2.24, 2.45) is 0 Å². The second-order valence-corrected chi connectivity index (χ2v) is 5.23. The van der Waals surface area contributed by atoms with Crippen molar-refractivity contribution in [1.82, 2.24) is 0 Å². The standard InChI is InChI=1S/C17H19FN2O/c1-13(17(21)19-16-9-4-3-5-10-16)20(2)12-14-7-6-8-15(18)11-14/h3-11,13H,12H2,1-2H3,(H,19,21)/p+1/t13-/m1/s1. The summed E-state index contributed by atoms with van der Waals surface area (Å²) in [7, 11) is 1.93. The first kappa shape index (κ1) is 15.2. The zero-order chi connectivity index (χ0) is 15.2. The average molecular weight is 287 g/mol. The van der Waals surface area contributed by atoms with Crippen LogP contribution >= 0.6 is 0 Å². The van der Waals surface area contributed by atoms with Crippen molar-refractivity contribution in [2.45, 2.75) is 19.5 Å². The Labute approximate surface area is 124 Å². The Morgan fingerprint density at radius 1 is 1.19 bits per heavy atom. The van der Waals surface area contributed by atoms with Crippen molar-refractivity contribution in [3.8, 4) is 0 Å². The first-order valence-corrected chi connectivity index (χ1v) is 6.99. The predicted molar refractivity (Wildman–Crippen MR) is 81.5 cm³/mol. The van der Waals surface area contributed by atoms with E-state index in [-0.39, 0.29) is 17.8 Å². The monoisotopic (exact) mass is 287 g/mol. The summed E-state index contributed by atoms with van der Waals surface area (Å²) in [5.74, 6) is -0.295. The van der Waals surface area contributed by atoms with Gasteiger partial charge in [0.05, 0.1) is 7.05 Å². The number of hydrogen-bond acceptors (Lipinski definition) is 1. The lowest BCUT2D eigenvalue weighted by Crippen LogP contribution is -3.12. The van der Waals surface area contributed by atoms with E-state index in [1.54, 1.807) is 6.07 Å². The molecule has 0 heterocycles. The largest absolute Gasteiger partial charge is 0.324 e. The van der Waals surface area contributed by atoms with Crippen molar-refractivity contribution in [3.05, 3.63) is 66.0 Å². The van der Waals surface area contributed by atoms with E-state index < -0.39 is 0 Å². The van der Waals surface area contributed by atoms with Gasteiger partial charge in [-0.1, -0.05) is 30.3 Å². The molecule has 1 unspecified atom stereocenters. The SMILES string of the molecule is C[C@H](C(=O)Nc1ccccc1)[NH+](C)Cc1cccc(F)c1. The Kier molecular flexibility index (Phi) is 5.06. The Balaban J connectivity index is 1.95. The molecule has 0 saturated carbocycles. The Morgan fingerprint density at radius 2 is 1.90 bits per heavy atom. The van der Waals surface area contributed by atoms with Crippen LogP contribution in [0.5, 0.6) is 0 Å². The number of halogens is 1. The predicted octanol–water partition coefficient (Wildman–Crippen LogP) is 1.87. The number of benzene rings is 2. The van der Waals surface area contributed by atoms with Gasteiger partial charge in [-0.15, -0.1) is 0 Å². The molecule has 2 N–H and O–H groups in total. The number of anilines is 1. The summed E-state index contributed by atoms with van der Waals surface area (Å²) in [6, 6.07) is 15.6. The molecular weight excluding hydrogens is 267 g/mol. The first-order valence-electron chi connectivity index (χ1n) is 6.99. The molecule has 0 spiro atoms. The van der Waals surface area contributed by atoms with Gasteiger partial charge in [0, 0.05) is 11.3 Å². The number of carbonyl (C=O) groups excluding carboxylic acids is 1. The molecule has 2 aromatic carbocycles. The lowest BCUT2D eigenvalue weighted by Gasteiger charge is -2.21. The number of para-hydroxylation sites is 1. The number of quaternary nitrogens is 1. The highest BCUT2D eigenvalue weighted by molar-refractivity contribution is 5.93. The van der Waals surface area contributed by atoms with Crippen molar-refractivity contribution < 1.29 is 14.1 Å². The summed E-state index contributed by atoms with van der Waals surface area (Å²) in [5, 5.41) is 2.89. The summed E-state index contributed by atoms with van der Waals surface area (Å²) < 4.78 is 13.2. The molecule has 0 aliphatic rings. The minimum absolute atomic E-state index is 0.0462. The van der Waals surface area contributed by atoms with Crippen LogP contribution in [0.3, 0.4) is 0 Å². The molecule has 0 radical (unpaired) electrons. The van der Waals surface area contributed by atoms with Gasteiger partial charge >= 0.3 is 0 Å². The summed E-state index contributed by atoms with van der Waals surface area (Å²) in [6.45, 7) is 2.47. The number of amides is 1. The van der Waals surface area contributed by atoms with E-state index in [4.69, 9.17) is 0 Å². The van der Waals surface area contributed by atoms with Crippen molar-refractivity contribution >= 4 is 11.6 Å². The molecule has 0 aromatic heterocycles. The van der Waals surface area contributed by atoms with Gasteiger partial charge in [0.1, 0.15) is 12.4 Å². The molecule has 2 aromatic rings. The molecule has 21 heavy (non-hydrogen) atoms. The maximum Gasteiger partial charge on any atom is 0.282 e. The van der Waals surface area contributed by atoms with Gasteiger partial charge in [0.15, 0.2) is 6.04 Å². The molecule has 0 aliphatic carbocycles. The molecule has 0 bridgehead atoms. The van der Waals surface area contributed by atoms with E-state index >= 15 is 0 Å². The van der Waals surface area contributed by atoms with Crippen molar-refractivity contribution in [1.29, 1.82) is 0 Å². The van der Waals surface area contributed by atoms with Gasteiger partial charge in [0.2, 0.25) is 0 Å². The third-order valence-electron chi connectivity index (χ3n) is 3.55. The third kappa shape index (κ3) is 4.39. The van der Waals surface area contributed by atoms with Crippen LogP contribution in [-0.4, -0.2) is 19.0 Å². The molecule has 3 nitrogen and oxygen atoms in total. The summed E-state index contributed by atoms with van der Waals surface area (Å²) in [5.41, 5.74) is 1.67. The molecule has 1 amide bonds. The van der Waals surface area contributed by atoms with Crippen LogP contribution in [0.15, 0.2) is 54.6 Å². The topological polar surface area (TPSA) is 33.5 Å². The smallest absolute Gasteiger partial charge is 0.282 e. The number of nitrogens with one attached hydrogen (secondary N) is 2. The van der Waals surface area contributed by atoms with Gasteiger partial charge in [-0.3, -0.25) is 4.79 Å². The molecule has 2 rings (SSSR count). The van der Waals surface area contributed by atoms with Crippen LogP contribution in [0.25, 0.3) is 0 Å². The van der Waals surface area contributed by atoms with Crippen molar-refractivity contribution in [2.75, 3.05) is 12.4 Å². The van der Waals surface area contributed by atoms with Crippen molar-refractivity contribution in [3.63, 3.8) is 0 Å². The molecule has 0 aliphatic heterocycles. The fourth-order valence-corrected chi connectivity index (χ4v) is 2.12. The van der Waals surface area contributed by atoms with Crippen LogP contribution in [0.2, 0.25) is 0 Å². The third-order valence-corrected chi connectivity index (χ3v) is 3.55. The van der Waals surface area contributed by atoms with E-state index in [1.165, 1.54) is 12.1 Å². The number of rotatable bonds is 5. The van der Waals surface area contributed by atoms with Crippen LogP contribution in [-0.2, 0) is 11.3 Å². The minimum atomic E-state index is -0.248. The lowest BCUT2D eigenvalue weighted by molar-refractivity contribution is -0.907. The molecule has 2 atom stereocenters. The van der Waals surface area contributed by atoms with E-state index in [1.807, 2.05) is 50.4 Å². The van der Waals surface area contributed by atoms with Gasteiger partial charge in [0.25, 0.3) is 5.91 Å². The number of carbonyl (C=O) groups is 1. The van der Waals surface area contributed by atoms with Gasteiger partial charge < -0.3 is 10.2 Å². The van der Waals surface area contributed by atoms with E-state index in [2.05, 4.69) is 5.32 Å². The fourth-order valence-electron chi connectivity index (χ4n) is 2.12. The van der Waals surface area contributed by atoms with E-state index in [9.17, 15) is 9.18 Å². The molecule has 0 saturated heterocycles. The van der Waals surface area contributed by atoms with Crippen LogP contribution in [0.1, 0.15) is 12.5 Å². The maximum absolute atomic E-state index is 13.2. The Bertz CT molecular complexity index is 601. The highest BCUT2D eigenvalue weighted by Gasteiger charge is 2.22. The van der Waals surface area contributed by atoms with Crippen LogP contribution < -0.4 is 10.2 Å². The lowest BCUT2D eigenvalue weighted by atomic mass is 10.2. The van der Waals surface area contributed by atoms with E-state index in [0.717, 1.165) is 16.2 Å². The zero-order valence-corrected chi connectivity index (χ0v) is 12.3. The molecule has 4 heteroatoms. The minimum Gasteiger partial charge on any atom is -0.324 e. The van der Waals surface area contributed by atoms with Gasteiger partial charge in [-0.2, -0.15) is 0 Å². The summed E-state index contributed by atoms with van der Waals surface area (Å²) in [4.78, 5) is 13.2. The highest BCUT2D eigenvalue weighted by atomic mass is 19.1.